The molecule has 0 aliphatic rings. The summed E-state index contributed by atoms with van der Waals surface area (Å²) in [5.74, 6) is 0. The molecule has 0 atom stereocenters. The smallest absolute Gasteiger partial charge is 0.293 e. The minimum absolute atomic E-state index is 0.365. The van der Waals surface area contributed by atoms with Gasteiger partial charge in [0.05, 0.1) is 0 Å². The monoisotopic (exact) mass is 264 g/mol. The highest BCUT2D eigenvalue weighted by Crippen LogP contribution is 2.22. The van der Waals surface area contributed by atoms with E-state index in [-0.39, 0.29) is 0 Å². The van der Waals surface area contributed by atoms with E-state index < -0.39 is 7.72 Å². The maximum absolute atomic E-state index is 14.4. The van der Waals surface area contributed by atoms with Gasteiger partial charge < -0.3 is 0 Å². The molecule has 0 spiro atoms. The highest BCUT2D eigenvalue weighted by molar-refractivity contribution is 7.15. The summed E-state index contributed by atoms with van der Waals surface area (Å²) >= 11 is 6.08. The summed E-state index contributed by atoms with van der Waals surface area (Å²) in [6.07, 6.45) is 0. The Kier molecular flexibility index (Phi) is 3.97. The fraction of sp³-hybridized carbons (Fsp3) is 0.143. The zero-order chi connectivity index (χ0) is 12.1. The molecule has 2 aromatic rings. The van der Waals surface area contributed by atoms with Crippen molar-refractivity contribution < 1.29 is 4.11 Å². The van der Waals surface area contributed by atoms with Crippen LogP contribution in [0.3, 0.4) is 0 Å². The highest BCUT2D eigenvalue weighted by atomic mass is 35.6. The van der Waals surface area contributed by atoms with E-state index in [0.29, 0.717) is 12.1 Å². The molecule has 0 fully saturated rings. The lowest BCUT2D eigenvalue weighted by Gasteiger charge is -2.14. The van der Waals surface area contributed by atoms with Gasteiger partial charge in [-0.25, -0.2) is 0 Å². The first-order valence-electron chi connectivity index (χ1n) is 5.61. The first-order valence-corrected chi connectivity index (χ1v) is 8.92. The number of benzene rings is 2. The van der Waals surface area contributed by atoms with E-state index in [0.717, 1.165) is 11.1 Å². The van der Waals surface area contributed by atoms with E-state index in [1.54, 1.807) is 0 Å². The van der Waals surface area contributed by atoms with Crippen LogP contribution in [-0.2, 0) is 12.1 Å². The SMILES string of the molecule is F[Si](Cl)(Cc1ccccc1)Cc1ccccc1. The van der Waals surface area contributed by atoms with Crippen molar-refractivity contribution in [2.45, 2.75) is 12.1 Å². The number of rotatable bonds is 4. The minimum Gasteiger partial charge on any atom is -0.293 e. The third-order valence-electron chi connectivity index (χ3n) is 2.61. The average Bonchev–Trinajstić information content (AvgIpc) is 2.30. The highest BCUT2D eigenvalue weighted by Gasteiger charge is 2.32. The second-order valence-electron chi connectivity index (χ2n) is 4.18. The van der Waals surface area contributed by atoms with Gasteiger partial charge in [-0.3, -0.25) is 4.11 Å². The molecular weight excluding hydrogens is 251 g/mol. The Morgan fingerprint density at radius 3 is 1.47 bits per heavy atom. The van der Waals surface area contributed by atoms with Crippen LogP contribution in [0.4, 0.5) is 4.11 Å². The van der Waals surface area contributed by atoms with Crippen LogP contribution in [0, 0.1) is 0 Å². The number of hydrogen-bond acceptors (Lipinski definition) is 0. The molecule has 0 aromatic heterocycles. The molecule has 0 heterocycles. The first kappa shape index (κ1) is 12.3. The van der Waals surface area contributed by atoms with Crippen LogP contribution < -0.4 is 0 Å². The van der Waals surface area contributed by atoms with E-state index in [1.165, 1.54) is 0 Å². The van der Waals surface area contributed by atoms with Crippen molar-refractivity contribution in [2.75, 3.05) is 0 Å². The molecule has 2 aromatic carbocycles. The Labute approximate surface area is 107 Å². The molecular formula is C14H14ClFSi. The van der Waals surface area contributed by atoms with Crippen molar-refractivity contribution in [3.05, 3.63) is 71.8 Å². The molecule has 0 aliphatic heterocycles. The van der Waals surface area contributed by atoms with E-state index in [4.69, 9.17) is 11.1 Å². The largest absolute Gasteiger partial charge is 0.347 e. The predicted octanol–water partition coefficient (Wildman–Crippen LogP) is 4.20. The summed E-state index contributed by atoms with van der Waals surface area (Å²) in [4.78, 5) is 0. The van der Waals surface area contributed by atoms with Gasteiger partial charge in [0, 0.05) is 12.1 Å². The lowest BCUT2D eigenvalue weighted by Crippen LogP contribution is -2.28. The molecule has 17 heavy (non-hydrogen) atoms. The lowest BCUT2D eigenvalue weighted by atomic mass is 10.2. The zero-order valence-electron chi connectivity index (χ0n) is 9.44. The number of halogens is 2. The molecule has 88 valence electrons. The van der Waals surface area contributed by atoms with Crippen LogP contribution in [0.25, 0.3) is 0 Å². The molecule has 0 bridgehead atoms. The topological polar surface area (TPSA) is 0 Å². The summed E-state index contributed by atoms with van der Waals surface area (Å²) in [6.45, 7) is 0. The van der Waals surface area contributed by atoms with Crippen LogP contribution in [0.5, 0.6) is 0 Å². The Hall–Kier alpha value is -1.12. The summed E-state index contributed by atoms with van der Waals surface area (Å²) in [6, 6.07) is 19.9. The van der Waals surface area contributed by atoms with Gasteiger partial charge >= 0.3 is 7.72 Å². The Morgan fingerprint density at radius 1 is 0.765 bits per heavy atom. The van der Waals surface area contributed by atoms with Crippen molar-refractivity contribution in [3.8, 4) is 0 Å². The number of hydrogen-bond donors (Lipinski definition) is 0. The van der Waals surface area contributed by atoms with Gasteiger partial charge in [0.1, 0.15) is 0 Å². The van der Waals surface area contributed by atoms with Gasteiger partial charge in [-0.1, -0.05) is 60.7 Å². The van der Waals surface area contributed by atoms with Crippen molar-refractivity contribution in [1.82, 2.24) is 0 Å². The molecule has 0 N–H and O–H groups in total. The van der Waals surface area contributed by atoms with E-state index >= 15 is 0 Å². The molecule has 2 rings (SSSR count). The summed E-state index contributed by atoms with van der Waals surface area (Å²) in [7, 11) is -3.21. The molecule has 0 unspecified atom stereocenters. The molecule has 0 amide bonds. The third kappa shape index (κ3) is 3.99. The van der Waals surface area contributed by atoms with Gasteiger partial charge in [-0.15, -0.1) is 11.1 Å². The van der Waals surface area contributed by atoms with Gasteiger partial charge in [0.15, 0.2) is 0 Å². The zero-order valence-corrected chi connectivity index (χ0v) is 11.2. The van der Waals surface area contributed by atoms with Gasteiger partial charge in [0.25, 0.3) is 0 Å². The van der Waals surface area contributed by atoms with E-state index in [1.807, 2.05) is 60.7 Å². The quantitative estimate of drug-likeness (QED) is 0.574. The summed E-state index contributed by atoms with van der Waals surface area (Å²) in [5, 5.41) is 0. The Balaban J connectivity index is 2.04. The van der Waals surface area contributed by atoms with Crippen molar-refractivity contribution in [1.29, 1.82) is 0 Å². The summed E-state index contributed by atoms with van der Waals surface area (Å²) in [5.41, 5.74) is 1.96. The maximum atomic E-state index is 14.4. The van der Waals surface area contributed by atoms with Gasteiger partial charge in [-0.2, -0.15) is 0 Å². The van der Waals surface area contributed by atoms with Crippen LogP contribution >= 0.6 is 11.1 Å². The van der Waals surface area contributed by atoms with Crippen molar-refractivity contribution in [3.63, 3.8) is 0 Å². The molecule has 0 saturated carbocycles. The first-order chi connectivity index (χ1) is 8.16. The Morgan fingerprint density at radius 2 is 1.12 bits per heavy atom. The second kappa shape index (κ2) is 5.47. The molecule has 3 heteroatoms. The average molecular weight is 265 g/mol. The predicted molar refractivity (Wildman–Crippen MR) is 73.0 cm³/mol. The van der Waals surface area contributed by atoms with Gasteiger partial charge in [0.2, 0.25) is 0 Å². The normalized spacial score (nSPS) is 11.4. The standard InChI is InChI=1S/C14H14ClFSi/c15-17(16,11-13-7-3-1-4-8-13)12-14-9-5-2-6-10-14/h1-10H,11-12H2. The molecule has 0 radical (unpaired) electrons. The third-order valence-corrected chi connectivity index (χ3v) is 5.26. The van der Waals surface area contributed by atoms with E-state index in [2.05, 4.69) is 0 Å². The molecule has 0 saturated heterocycles. The second-order valence-corrected chi connectivity index (χ2v) is 8.63. The van der Waals surface area contributed by atoms with Crippen LogP contribution in [-0.4, -0.2) is 7.72 Å². The molecule has 0 aliphatic carbocycles. The van der Waals surface area contributed by atoms with Crippen molar-refractivity contribution >= 4 is 18.8 Å². The molecule has 0 nitrogen and oxygen atoms in total. The van der Waals surface area contributed by atoms with Crippen LogP contribution in [0.2, 0.25) is 0 Å². The fourth-order valence-electron chi connectivity index (χ4n) is 1.85. The van der Waals surface area contributed by atoms with Gasteiger partial charge in [-0.05, 0) is 11.1 Å². The lowest BCUT2D eigenvalue weighted by molar-refractivity contribution is 0.790. The fourth-order valence-corrected chi connectivity index (χ4v) is 4.57. The minimum atomic E-state index is -3.21. The van der Waals surface area contributed by atoms with E-state index in [9.17, 15) is 4.11 Å². The summed E-state index contributed by atoms with van der Waals surface area (Å²) < 4.78 is 14.4. The van der Waals surface area contributed by atoms with Crippen molar-refractivity contribution in [2.24, 2.45) is 0 Å². The maximum Gasteiger partial charge on any atom is 0.347 e. The van der Waals surface area contributed by atoms with Crippen LogP contribution in [0.15, 0.2) is 60.7 Å². The van der Waals surface area contributed by atoms with Crippen LogP contribution in [0.1, 0.15) is 11.1 Å². The Bertz CT molecular complexity index is 413.